The lowest BCUT2D eigenvalue weighted by Gasteiger charge is -2.42. The second-order valence-corrected chi connectivity index (χ2v) is 11.3. The zero-order valence-corrected chi connectivity index (χ0v) is 22.1. The maximum atomic E-state index is 14.4. The minimum Gasteiger partial charge on any atom is -0.467 e. The Kier molecular flexibility index (Phi) is 6.94. The summed E-state index contributed by atoms with van der Waals surface area (Å²) in [6.07, 6.45) is 7.95. The van der Waals surface area contributed by atoms with E-state index in [1.54, 1.807) is 10.8 Å². The summed E-state index contributed by atoms with van der Waals surface area (Å²) >= 11 is 1.31. The molecule has 2 heterocycles. The second kappa shape index (κ2) is 10.7. The molecule has 0 saturated heterocycles. The number of nitrogens with one attached hydrogen (secondary N) is 1. The molecule has 6 rings (SSSR count). The van der Waals surface area contributed by atoms with Crippen LogP contribution in [0.5, 0.6) is 0 Å². The predicted octanol–water partition coefficient (Wildman–Crippen LogP) is 5.72. The van der Waals surface area contributed by atoms with Crippen molar-refractivity contribution in [1.29, 1.82) is 0 Å². The molecule has 4 aromatic rings. The third-order valence-electron chi connectivity index (χ3n) is 7.84. The van der Waals surface area contributed by atoms with Crippen molar-refractivity contribution < 1.29 is 9.21 Å². The van der Waals surface area contributed by atoms with E-state index in [9.17, 15) is 9.59 Å². The Labute approximate surface area is 226 Å². The molecule has 6 nitrogen and oxygen atoms in total. The van der Waals surface area contributed by atoms with Gasteiger partial charge in [-0.2, -0.15) is 0 Å². The minimum absolute atomic E-state index is 0.00463. The third kappa shape index (κ3) is 4.83. The van der Waals surface area contributed by atoms with Crippen molar-refractivity contribution in [3.63, 3.8) is 0 Å². The number of nitrogens with zero attached hydrogens (tertiary/aromatic N) is 2. The maximum absolute atomic E-state index is 14.4. The van der Waals surface area contributed by atoms with E-state index in [1.165, 1.54) is 23.7 Å². The quantitative estimate of drug-likeness (QED) is 0.247. The number of aromatic nitrogens is 2. The molecule has 2 aromatic carbocycles. The molecule has 0 unspecified atom stereocenters. The van der Waals surface area contributed by atoms with Crippen molar-refractivity contribution in [2.24, 2.45) is 0 Å². The van der Waals surface area contributed by atoms with Gasteiger partial charge in [-0.05, 0) is 42.5 Å². The molecule has 1 amide bonds. The summed E-state index contributed by atoms with van der Waals surface area (Å²) < 4.78 is 7.34. The Bertz CT molecular complexity index is 1490. The van der Waals surface area contributed by atoms with Gasteiger partial charge in [-0.1, -0.05) is 85.6 Å². The lowest BCUT2D eigenvalue weighted by molar-refractivity contribution is -0.118. The van der Waals surface area contributed by atoms with Gasteiger partial charge in [0.05, 0.1) is 29.8 Å². The fourth-order valence-electron chi connectivity index (χ4n) is 6.01. The standard InChI is InChI=1S/C31H31N3O3S/c35-26(32-19-22-10-3-1-4-11-22)21-38-30-33-28-25-14-6-5-12-23(25)18-31(15-7-2-8-16-31)27(28)29(36)34(30)20-24-13-9-17-37-24/h1,3-6,9-14,17H,2,7-8,15-16,18-21H2,(H,32,35). The summed E-state index contributed by atoms with van der Waals surface area (Å²) in [5.74, 6) is 0.765. The lowest BCUT2D eigenvalue weighted by Crippen LogP contribution is -2.43. The Morgan fingerprint density at radius 3 is 2.58 bits per heavy atom. The summed E-state index contributed by atoms with van der Waals surface area (Å²) in [5.41, 5.74) is 4.79. The topological polar surface area (TPSA) is 77.1 Å². The number of carbonyl (C=O) groups is 1. The van der Waals surface area contributed by atoms with Crippen LogP contribution in [0.2, 0.25) is 0 Å². The first kappa shape index (κ1) is 24.7. The van der Waals surface area contributed by atoms with Gasteiger partial charge in [0, 0.05) is 17.5 Å². The highest BCUT2D eigenvalue weighted by Gasteiger charge is 2.43. The Morgan fingerprint density at radius 1 is 1.00 bits per heavy atom. The molecule has 194 valence electrons. The van der Waals surface area contributed by atoms with Gasteiger partial charge in [0.1, 0.15) is 5.76 Å². The van der Waals surface area contributed by atoms with Crippen LogP contribution in [0.15, 0.2) is 87.4 Å². The molecule has 7 heteroatoms. The number of rotatable bonds is 7. The first-order valence-electron chi connectivity index (χ1n) is 13.3. The lowest BCUT2D eigenvalue weighted by atomic mass is 9.62. The fourth-order valence-corrected chi connectivity index (χ4v) is 6.83. The van der Waals surface area contributed by atoms with Crippen LogP contribution in [0.1, 0.15) is 54.6 Å². The van der Waals surface area contributed by atoms with Gasteiger partial charge in [0.15, 0.2) is 5.16 Å². The summed E-state index contributed by atoms with van der Waals surface area (Å²) in [4.78, 5) is 32.3. The first-order chi connectivity index (χ1) is 18.6. The van der Waals surface area contributed by atoms with Crippen LogP contribution in [0.4, 0.5) is 0 Å². The Hall–Kier alpha value is -3.58. The summed E-state index contributed by atoms with van der Waals surface area (Å²) in [6.45, 7) is 0.755. The van der Waals surface area contributed by atoms with Gasteiger partial charge in [-0.25, -0.2) is 4.98 Å². The largest absolute Gasteiger partial charge is 0.467 e. The zero-order valence-electron chi connectivity index (χ0n) is 21.3. The number of hydrogen-bond donors (Lipinski definition) is 1. The smallest absolute Gasteiger partial charge is 0.258 e. The molecule has 1 fully saturated rings. The van der Waals surface area contributed by atoms with E-state index < -0.39 is 0 Å². The van der Waals surface area contributed by atoms with Crippen LogP contribution in [0.3, 0.4) is 0 Å². The average molecular weight is 526 g/mol. The normalized spacial score (nSPS) is 15.6. The average Bonchev–Trinajstić information content (AvgIpc) is 3.46. The van der Waals surface area contributed by atoms with E-state index in [-0.39, 0.29) is 29.2 Å². The molecular weight excluding hydrogens is 494 g/mol. The molecule has 1 N–H and O–H groups in total. The van der Waals surface area contributed by atoms with Crippen LogP contribution in [0, 0.1) is 0 Å². The van der Waals surface area contributed by atoms with E-state index in [0.29, 0.717) is 17.5 Å². The maximum Gasteiger partial charge on any atom is 0.258 e. The van der Waals surface area contributed by atoms with Crippen LogP contribution < -0.4 is 10.9 Å². The molecule has 1 saturated carbocycles. The van der Waals surface area contributed by atoms with E-state index in [4.69, 9.17) is 9.40 Å². The van der Waals surface area contributed by atoms with Gasteiger partial charge in [0.2, 0.25) is 5.91 Å². The van der Waals surface area contributed by atoms with E-state index in [1.807, 2.05) is 48.5 Å². The highest BCUT2D eigenvalue weighted by molar-refractivity contribution is 7.99. The van der Waals surface area contributed by atoms with Crippen molar-refractivity contribution >= 4 is 17.7 Å². The minimum atomic E-state index is -0.187. The van der Waals surface area contributed by atoms with Crippen molar-refractivity contribution in [1.82, 2.24) is 14.9 Å². The van der Waals surface area contributed by atoms with Gasteiger partial charge < -0.3 is 9.73 Å². The number of hydrogen-bond acceptors (Lipinski definition) is 5. The van der Waals surface area contributed by atoms with E-state index >= 15 is 0 Å². The molecule has 2 aromatic heterocycles. The number of thioether (sulfide) groups is 1. The molecule has 0 radical (unpaired) electrons. The molecule has 1 spiro atoms. The van der Waals surface area contributed by atoms with E-state index in [2.05, 4.69) is 23.5 Å². The van der Waals surface area contributed by atoms with Crippen LogP contribution in [-0.4, -0.2) is 21.2 Å². The fraction of sp³-hybridized carbons (Fsp3) is 0.323. The zero-order chi connectivity index (χ0) is 26.0. The number of carbonyl (C=O) groups excluding carboxylic acids is 1. The van der Waals surface area contributed by atoms with Crippen LogP contribution >= 0.6 is 11.8 Å². The summed E-state index contributed by atoms with van der Waals surface area (Å²) in [5, 5.41) is 3.52. The molecule has 0 aliphatic heterocycles. The number of benzene rings is 2. The SMILES string of the molecule is O=C(CSc1nc2c(c(=O)n1Cc1ccco1)C1(CCCCC1)Cc1ccccc1-2)NCc1ccccc1. The van der Waals surface area contributed by atoms with Gasteiger partial charge in [0.25, 0.3) is 5.56 Å². The number of furan rings is 1. The van der Waals surface area contributed by atoms with Crippen LogP contribution in [-0.2, 0) is 29.7 Å². The molecule has 0 atom stereocenters. The summed E-state index contributed by atoms with van der Waals surface area (Å²) in [6, 6.07) is 21.9. The monoisotopic (exact) mass is 525 g/mol. The van der Waals surface area contributed by atoms with Gasteiger partial charge >= 0.3 is 0 Å². The Balaban J connectivity index is 1.38. The molecular formula is C31H31N3O3S. The van der Waals surface area contributed by atoms with Gasteiger partial charge in [-0.3, -0.25) is 14.2 Å². The highest BCUT2D eigenvalue weighted by Crippen LogP contribution is 2.48. The van der Waals surface area contributed by atoms with Crippen molar-refractivity contribution in [3.05, 3.63) is 106 Å². The molecule has 0 bridgehead atoms. The number of amides is 1. The van der Waals surface area contributed by atoms with Gasteiger partial charge in [-0.15, -0.1) is 0 Å². The summed E-state index contributed by atoms with van der Waals surface area (Å²) in [7, 11) is 0. The van der Waals surface area contributed by atoms with E-state index in [0.717, 1.165) is 54.5 Å². The molecule has 2 aliphatic rings. The third-order valence-corrected chi connectivity index (χ3v) is 8.81. The predicted molar refractivity (Wildman–Crippen MR) is 149 cm³/mol. The second-order valence-electron chi connectivity index (χ2n) is 10.3. The molecule has 2 aliphatic carbocycles. The number of fused-ring (bicyclic) bond motifs is 4. The highest BCUT2D eigenvalue weighted by atomic mass is 32.2. The van der Waals surface area contributed by atoms with Crippen molar-refractivity contribution in [3.8, 4) is 11.3 Å². The first-order valence-corrected chi connectivity index (χ1v) is 14.3. The Morgan fingerprint density at radius 2 is 1.79 bits per heavy atom. The molecule has 38 heavy (non-hydrogen) atoms. The van der Waals surface area contributed by atoms with Crippen molar-refractivity contribution in [2.75, 3.05) is 5.75 Å². The van der Waals surface area contributed by atoms with Crippen LogP contribution in [0.25, 0.3) is 11.3 Å². The van der Waals surface area contributed by atoms with Crippen molar-refractivity contribution in [2.45, 2.75) is 62.2 Å².